The van der Waals surface area contributed by atoms with Crippen molar-refractivity contribution in [1.82, 2.24) is 0 Å². The van der Waals surface area contributed by atoms with Gasteiger partial charge in [0.2, 0.25) is 0 Å². The van der Waals surface area contributed by atoms with Gasteiger partial charge >= 0.3 is 0 Å². The summed E-state index contributed by atoms with van der Waals surface area (Å²) in [6.07, 6.45) is 0.820. The van der Waals surface area contributed by atoms with Gasteiger partial charge in [-0.2, -0.15) is 0 Å². The van der Waals surface area contributed by atoms with Gasteiger partial charge in [-0.1, -0.05) is 18.2 Å². The average Bonchev–Trinajstić information content (AvgIpc) is 2.40. The summed E-state index contributed by atoms with van der Waals surface area (Å²) in [5.41, 5.74) is 4.24. The molecule has 0 N–H and O–H groups in total. The van der Waals surface area contributed by atoms with E-state index in [9.17, 15) is 4.79 Å². The summed E-state index contributed by atoms with van der Waals surface area (Å²) in [6.45, 7) is 6.21. The predicted molar refractivity (Wildman–Crippen MR) is 72.6 cm³/mol. The SMILES string of the molecule is Cc1ccc(Oc2cccc(C=O)c2)c(C)c1C. The summed E-state index contributed by atoms with van der Waals surface area (Å²) in [5, 5.41) is 0. The molecule has 2 aromatic carbocycles. The van der Waals surface area contributed by atoms with Gasteiger partial charge in [0.05, 0.1) is 0 Å². The normalized spacial score (nSPS) is 10.2. The molecule has 0 saturated heterocycles. The molecular formula is C16H16O2. The van der Waals surface area contributed by atoms with Crippen LogP contribution in [0.2, 0.25) is 0 Å². The van der Waals surface area contributed by atoms with Crippen LogP contribution >= 0.6 is 0 Å². The highest BCUT2D eigenvalue weighted by Gasteiger charge is 2.06. The lowest BCUT2D eigenvalue weighted by molar-refractivity contribution is 0.112. The van der Waals surface area contributed by atoms with E-state index in [4.69, 9.17) is 4.74 Å². The first-order valence-electron chi connectivity index (χ1n) is 5.91. The van der Waals surface area contributed by atoms with Crippen LogP contribution in [0.5, 0.6) is 11.5 Å². The zero-order chi connectivity index (χ0) is 13.1. The number of carbonyl (C=O) groups is 1. The summed E-state index contributed by atoms with van der Waals surface area (Å²) in [5.74, 6) is 1.52. The number of carbonyl (C=O) groups excluding carboxylic acids is 1. The van der Waals surface area contributed by atoms with Gasteiger partial charge in [0.1, 0.15) is 17.8 Å². The van der Waals surface area contributed by atoms with Crippen molar-refractivity contribution < 1.29 is 9.53 Å². The van der Waals surface area contributed by atoms with Gasteiger partial charge in [-0.15, -0.1) is 0 Å². The van der Waals surface area contributed by atoms with Crippen molar-refractivity contribution in [2.75, 3.05) is 0 Å². The van der Waals surface area contributed by atoms with Gasteiger partial charge < -0.3 is 4.74 Å². The van der Waals surface area contributed by atoms with Crippen molar-refractivity contribution in [2.24, 2.45) is 0 Å². The summed E-state index contributed by atoms with van der Waals surface area (Å²) in [4.78, 5) is 10.7. The first-order chi connectivity index (χ1) is 8.61. The molecule has 2 aromatic rings. The van der Waals surface area contributed by atoms with Crippen LogP contribution < -0.4 is 4.74 Å². The van der Waals surface area contributed by atoms with Crippen LogP contribution in [0.4, 0.5) is 0 Å². The predicted octanol–water partition coefficient (Wildman–Crippen LogP) is 4.22. The van der Waals surface area contributed by atoms with E-state index in [-0.39, 0.29) is 0 Å². The van der Waals surface area contributed by atoms with Gasteiger partial charge in [-0.25, -0.2) is 0 Å². The molecule has 0 fully saturated rings. The van der Waals surface area contributed by atoms with Crippen LogP contribution in [0.1, 0.15) is 27.0 Å². The lowest BCUT2D eigenvalue weighted by Crippen LogP contribution is -1.93. The quantitative estimate of drug-likeness (QED) is 0.751. The minimum absolute atomic E-state index is 0.619. The molecule has 92 valence electrons. The molecule has 2 heteroatoms. The lowest BCUT2D eigenvalue weighted by Gasteiger charge is -2.12. The van der Waals surface area contributed by atoms with Crippen molar-refractivity contribution >= 4 is 6.29 Å². The Balaban J connectivity index is 2.34. The van der Waals surface area contributed by atoms with E-state index in [0.717, 1.165) is 17.6 Å². The number of benzene rings is 2. The van der Waals surface area contributed by atoms with Crippen LogP contribution in [-0.4, -0.2) is 6.29 Å². The number of aldehydes is 1. The third-order valence-electron chi connectivity index (χ3n) is 3.23. The monoisotopic (exact) mass is 240 g/mol. The average molecular weight is 240 g/mol. The van der Waals surface area contributed by atoms with Crippen LogP contribution in [0.15, 0.2) is 36.4 Å². The zero-order valence-corrected chi connectivity index (χ0v) is 10.9. The van der Waals surface area contributed by atoms with Crippen molar-refractivity contribution in [2.45, 2.75) is 20.8 Å². The van der Waals surface area contributed by atoms with Crippen LogP contribution in [0, 0.1) is 20.8 Å². The van der Waals surface area contributed by atoms with Crippen molar-refractivity contribution in [3.05, 3.63) is 58.7 Å². The molecule has 0 aliphatic carbocycles. The largest absolute Gasteiger partial charge is 0.457 e. The van der Waals surface area contributed by atoms with E-state index in [2.05, 4.69) is 13.8 Å². The molecular weight excluding hydrogens is 224 g/mol. The van der Waals surface area contributed by atoms with Crippen molar-refractivity contribution in [3.63, 3.8) is 0 Å². The van der Waals surface area contributed by atoms with E-state index in [1.165, 1.54) is 11.1 Å². The molecule has 0 heterocycles. The number of aryl methyl sites for hydroxylation is 1. The second kappa shape index (κ2) is 5.05. The summed E-state index contributed by atoms with van der Waals surface area (Å²) in [6, 6.07) is 11.2. The maximum atomic E-state index is 10.7. The number of ether oxygens (including phenoxy) is 1. The number of hydrogen-bond donors (Lipinski definition) is 0. The zero-order valence-electron chi connectivity index (χ0n) is 10.9. The van der Waals surface area contributed by atoms with E-state index in [1.54, 1.807) is 12.1 Å². The van der Waals surface area contributed by atoms with Crippen LogP contribution in [0.3, 0.4) is 0 Å². The Labute approximate surface area is 107 Å². The van der Waals surface area contributed by atoms with Gasteiger partial charge in [-0.05, 0) is 55.7 Å². The lowest BCUT2D eigenvalue weighted by atomic mass is 10.0. The van der Waals surface area contributed by atoms with Crippen molar-refractivity contribution in [1.29, 1.82) is 0 Å². The molecule has 0 bridgehead atoms. The fourth-order valence-corrected chi connectivity index (χ4v) is 1.82. The molecule has 0 aromatic heterocycles. The third-order valence-corrected chi connectivity index (χ3v) is 3.23. The molecule has 2 rings (SSSR count). The topological polar surface area (TPSA) is 26.3 Å². The van der Waals surface area contributed by atoms with Gasteiger partial charge in [0, 0.05) is 5.56 Å². The molecule has 0 amide bonds. The van der Waals surface area contributed by atoms with E-state index in [0.29, 0.717) is 11.3 Å². The Kier molecular flexibility index (Phi) is 3.47. The fraction of sp³-hybridized carbons (Fsp3) is 0.188. The first-order valence-corrected chi connectivity index (χ1v) is 5.91. The molecule has 0 unspecified atom stereocenters. The minimum Gasteiger partial charge on any atom is -0.457 e. The van der Waals surface area contributed by atoms with E-state index in [1.807, 2.05) is 31.2 Å². The maximum absolute atomic E-state index is 10.7. The smallest absolute Gasteiger partial charge is 0.150 e. The van der Waals surface area contributed by atoms with Crippen LogP contribution in [-0.2, 0) is 0 Å². The maximum Gasteiger partial charge on any atom is 0.150 e. The second-order valence-electron chi connectivity index (χ2n) is 4.42. The summed E-state index contributed by atoms with van der Waals surface area (Å²) >= 11 is 0. The molecule has 0 radical (unpaired) electrons. The number of hydrogen-bond acceptors (Lipinski definition) is 2. The molecule has 0 saturated carbocycles. The molecule has 0 spiro atoms. The first kappa shape index (κ1) is 12.4. The molecule has 0 atom stereocenters. The van der Waals surface area contributed by atoms with E-state index >= 15 is 0 Å². The molecule has 2 nitrogen and oxygen atoms in total. The number of rotatable bonds is 3. The van der Waals surface area contributed by atoms with Crippen LogP contribution in [0.25, 0.3) is 0 Å². The highest BCUT2D eigenvalue weighted by atomic mass is 16.5. The highest BCUT2D eigenvalue weighted by molar-refractivity contribution is 5.75. The Hall–Kier alpha value is -2.09. The van der Waals surface area contributed by atoms with Crippen molar-refractivity contribution in [3.8, 4) is 11.5 Å². The summed E-state index contributed by atoms with van der Waals surface area (Å²) < 4.78 is 5.83. The van der Waals surface area contributed by atoms with E-state index < -0.39 is 0 Å². The third kappa shape index (κ3) is 2.43. The van der Waals surface area contributed by atoms with Gasteiger partial charge in [0.15, 0.2) is 0 Å². The molecule has 0 aliphatic rings. The van der Waals surface area contributed by atoms with Gasteiger partial charge in [0.25, 0.3) is 0 Å². The Morgan fingerprint density at radius 3 is 2.50 bits per heavy atom. The standard InChI is InChI=1S/C16H16O2/c1-11-7-8-16(13(3)12(11)2)18-15-6-4-5-14(9-15)10-17/h4-10H,1-3H3. The molecule has 18 heavy (non-hydrogen) atoms. The van der Waals surface area contributed by atoms with Gasteiger partial charge in [-0.3, -0.25) is 4.79 Å². The Morgan fingerprint density at radius 1 is 1.00 bits per heavy atom. The highest BCUT2D eigenvalue weighted by Crippen LogP contribution is 2.28. The fourth-order valence-electron chi connectivity index (χ4n) is 1.82. The Morgan fingerprint density at radius 2 is 1.78 bits per heavy atom. The summed E-state index contributed by atoms with van der Waals surface area (Å²) in [7, 11) is 0. The second-order valence-corrected chi connectivity index (χ2v) is 4.42. The molecule has 0 aliphatic heterocycles. The Bertz CT molecular complexity index is 586. The minimum atomic E-state index is 0.619.